The summed E-state index contributed by atoms with van der Waals surface area (Å²) in [4.78, 5) is 44.9. The summed E-state index contributed by atoms with van der Waals surface area (Å²) in [6.07, 6.45) is 7.13. The van der Waals surface area contributed by atoms with Crippen molar-refractivity contribution in [3.8, 4) is 0 Å². The van der Waals surface area contributed by atoms with Crippen LogP contribution in [0.25, 0.3) is 21.8 Å². The summed E-state index contributed by atoms with van der Waals surface area (Å²) in [5, 5.41) is 11.6. The molecule has 4 heterocycles. The Morgan fingerprint density at radius 2 is 1.63 bits per heavy atom. The molecule has 4 amide bonds. The van der Waals surface area contributed by atoms with Crippen molar-refractivity contribution >= 4 is 51.4 Å². The molecule has 0 aliphatic carbocycles. The number of para-hydroxylation sites is 2. The molecule has 2 fully saturated rings. The van der Waals surface area contributed by atoms with Crippen LogP contribution in [-0.4, -0.2) is 57.4 Å². The van der Waals surface area contributed by atoms with Crippen molar-refractivity contribution in [1.29, 1.82) is 0 Å². The Kier molecular flexibility index (Phi) is 7.91. The van der Waals surface area contributed by atoms with Crippen LogP contribution in [0.4, 0.5) is 4.79 Å². The summed E-state index contributed by atoms with van der Waals surface area (Å²) in [6.45, 7) is 0.463. The number of thioether (sulfide) groups is 1. The number of fused-ring (bicyclic) bond motifs is 3. The molecule has 0 bridgehead atoms. The maximum absolute atomic E-state index is 13.8. The summed E-state index contributed by atoms with van der Waals surface area (Å²) in [5.74, 6) is -0.910. The van der Waals surface area contributed by atoms with Gasteiger partial charge in [-0.15, -0.1) is 0 Å². The average molecular weight is 573 g/mol. The topological polar surface area (TPSA) is 145 Å². The van der Waals surface area contributed by atoms with Gasteiger partial charge >= 0.3 is 6.03 Å². The lowest BCUT2D eigenvalue weighted by molar-refractivity contribution is -0.133. The molecule has 2 saturated heterocycles. The van der Waals surface area contributed by atoms with Crippen LogP contribution in [0.2, 0.25) is 0 Å². The van der Waals surface area contributed by atoms with E-state index >= 15 is 0 Å². The SMILES string of the molecule is NC(=O)C(CCC[C@@H]1SC[C@@H]2NC(=O)N[C@@H]21)[C@H](Cc1c[nH]c2ccccc12)C(=O)NCCc1c[nH]c2ccccc12. The van der Waals surface area contributed by atoms with Gasteiger partial charge in [-0.05, 0) is 48.9 Å². The van der Waals surface area contributed by atoms with E-state index in [1.54, 1.807) is 0 Å². The predicted octanol–water partition coefficient (Wildman–Crippen LogP) is 3.60. The molecule has 0 spiro atoms. The van der Waals surface area contributed by atoms with E-state index in [9.17, 15) is 14.4 Å². The Morgan fingerprint density at radius 3 is 2.37 bits per heavy atom. The van der Waals surface area contributed by atoms with Crippen LogP contribution >= 0.6 is 11.8 Å². The number of carbonyl (C=O) groups is 3. The number of nitrogens with two attached hydrogens (primary N) is 1. The highest BCUT2D eigenvalue weighted by atomic mass is 32.2. The first kappa shape index (κ1) is 27.3. The molecule has 5 atom stereocenters. The first-order chi connectivity index (χ1) is 20.0. The highest BCUT2D eigenvalue weighted by Crippen LogP contribution is 2.34. The smallest absolute Gasteiger partial charge is 0.315 e. The van der Waals surface area contributed by atoms with Gasteiger partial charge in [0.2, 0.25) is 11.8 Å². The number of rotatable bonds is 12. The van der Waals surface area contributed by atoms with E-state index in [1.807, 2.05) is 66.6 Å². The van der Waals surface area contributed by atoms with E-state index in [2.05, 4.69) is 32.0 Å². The Hall–Kier alpha value is -3.92. The van der Waals surface area contributed by atoms with Gasteiger partial charge in [0, 0.05) is 57.7 Å². The second-order valence-corrected chi connectivity index (χ2v) is 12.4. The number of benzene rings is 2. The molecule has 214 valence electrons. The third-order valence-electron chi connectivity index (χ3n) is 8.61. The van der Waals surface area contributed by atoms with E-state index in [0.29, 0.717) is 25.8 Å². The van der Waals surface area contributed by atoms with Crippen molar-refractivity contribution in [3.63, 3.8) is 0 Å². The number of carbonyl (C=O) groups excluding carboxylic acids is 3. The maximum Gasteiger partial charge on any atom is 0.315 e. The number of urea groups is 1. The molecular weight excluding hydrogens is 536 g/mol. The van der Waals surface area contributed by atoms with Crippen molar-refractivity contribution in [2.45, 2.75) is 49.4 Å². The second-order valence-electron chi connectivity index (χ2n) is 11.1. The molecule has 1 unspecified atom stereocenters. The summed E-state index contributed by atoms with van der Waals surface area (Å²) < 4.78 is 0. The van der Waals surface area contributed by atoms with Crippen molar-refractivity contribution in [3.05, 3.63) is 72.1 Å². The lowest BCUT2D eigenvalue weighted by atomic mass is 9.81. The standard InChI is InChI=1S/C31H36N6O3S/c32-29(38)22(8-5-11-27-28-26(17-41-27)36-31(40)37-28)23(14-19-16-35-25-10-4-2-7-21(19)25)30(39)33-13-12-18-15-34-24-9-3-1-6-20(18)24/h1-4,6-7,9-10,15-16,22-23,26-28,34-35H,5,8,11-14,17H2,(H2,32,38)(H,33,39)(H2,36,37,40)/t22?,23-,26-,27-,28-/m0/s1. The molecule has 2 aliphatic rings. The molecule has 0 radical (unpaired) electrons. The Balaban J connectivity index is 1.15. The van der Waals surface area contributed by atoms with Crippen LogP contribution < -0.4 is 21.7 Å². The number of hydrogen-bond donors (Lipinski definition) is 6. The van der Waals surface area contributed by atoms with Crippen LogP contribution in [0, 0.1) is 11.8 Å². The van der Waals surface area contributed by atoms with Crippen LogP contribution in [0.1, 0.15) is 30.4 Å². The maximum atomic E-state index is 13.8. The quantitative estimate of drug-likeness (QED) is 0.144. The Labute approximate surface area is 242 Å². The van der Waals surface area contributed by atoms with Gasteiger partial charge in [-0.25, -0.2) is 4.79 Å². The van der Waals surface area contributed by atoms with E-state index in [0.717, 1.165) is 51.5 Å². The molecular formula is C31H36N6O3S. The summed E-state index contributed by atoms with van der Waals surface area (Å²) in [6, 6.07) is 16.2. The first-order valence-electron chi connectivity index (χ1n) is 14.3. The number of amides is 4. The molecule has 0 saturated carbocycles. The third kappa shape index (κ3) is 5.79. The van der Waals surface area contributed by atoms with Gasteiger partial charge in [-0.2, -0.15) is 11.8 Å². The van der Waals surface area contributed by atoms with Gasteiger partial charge in [-0.1, -0.05) is 42.8 Å². The van der Waals surface area contributed by atoms with Gasteiger partial charge in [-0.3, -0.25) is 9.59 Å². The molecule has 41 heavy (non-hydrogen) atoms. The zero-order chi connectivity index (χ0) is 28.3. The Bertz CT molecular complexity index is 1560. The minimum Gasteiger partial charge on any atom is -0.369 e. The number of nitrogens with one attached hydrogen (secondary N) is 5. The molecule has 2 aliphatic heterocycles. The largest absolute Gasteiger partial charge is 0.369 e. The minimum absolute atomic E-state index is 0.106. The molecule has 4 aromatic rings. The van der Waals surface area contributed by atoms with E-state index in [-0.39, 0.29) is 29.3 Å². The number of aromatic amines is 2. The van der Waals surface area contributed by atoms with Crippen molar-refractivity contribution in [1.82, 2.24) is 25.9 Å². The van der Waals surface area contributed by atoms with Crippen LogP contribution in [-0.2, 0) is 22.4 Å². The number of hydrogen-bond acceptors (Lipinski definition) is 4. The van der Waals surface area contributed by atoms with E-state index in [1.165, 1.54) is 0 Å². The first-order valence-corrected chi connectivity index (χ1v) is 15.4. The monoisotopic (exact) mass is 572 g/mol. The Morgan fingerprint density at radius 1 is 0.951 bits per heavy atom. The number of primary amides is 1. The lowest BCUT2D eigenvalue weighted by Crippen LogP contribution is -2.42. The van der Waals surface area contributed by atoms with E-state index < -0.39 is 17.7 Å². The van der Waals surface area contributed by atoms with Crippen molar-refractivity contribution in [2.75, 3.05) is 12.3 Å². The fourth-order valence-electron chi connectivity index (χ4n) is 6.47. The molecule has 10 heteroatoms. The highest BCUT2D eigenvalue weighted by Gasteiger charge is 2.43. The van der Waals surface area contributed by atoms with Gasteiger partial charge in [0.05, 0.1) is 18.0 Å². The molecule has 6 rings (SSSR count). The lowest BCUT2D eigenvalue weighted by Gasteiger charge is -2.25. The van der Waals surface area contributed by atoms with Crippen LogP contribution in [0.15, 0.2) is 60.9 Å². The molecule has 7 N–H and O–H groups in total. The van der Waals surface area contributed by atoms with Gasteiger partial charge in [0.15, 0.2) is 0 Å². The van der Waals surface area contributed by atoms with Gasteiger partial charge in [0.25, 0.3) is 0 Å². The molecule has 2 aromatic heterocycles. The number of aromatic nitrogens is 2. The molecule has 9 nitrogen and oxygen atoms in total. The van der Waals surface area contributed by atoms with Gasteiger partial charge < -0.3 is 31.7 Å². The minimum atomic E-state index is -0.602. The normalized spacial score (nSPS) is 21.4. The average Bonchev–Trinajstić information content (AvgIpc) is 3.74. The zero-order valence-corrected chi connectivity index (χ0v) is 23.6. The zero-order valence-electron chi connectivity index (χ0n) is 22.8. The highest BCUT2D eigenvalue weighted by molar-refractivity contribution is 8.00. The van der Waals surface area contributed by atoms with Crippen LogP contribution in [0.5, 0.6) is 0 Å². The van der Waals surface area contributed by atoms with Gasteiger partial charge in [0.1, 0.15) is 0 Å². The third-order valence-corrected chi connectivity index (χ3v) is 10.1. The number of H-pyrrole nitrogens is 2. The predicted molar refractivity (Wildman–Crippen MR) is 163 cm³/mol. The van der Waals surface area contributed by atoms with Crippen molar-refractivity contribution < 1.29 is 14.4 Å². The second kappa shape index (κ2) is 11.9. The van der Waals surface area contributed by atoms with Crippen molar-refractivity contribution in [2.24, 2.45) is 17.6 Å². The van der Waals surface area contributed by atoms with Crippen LogP contribution in [0.3, 0.4) is 0 Å². The summed E-state index contributed by atoms with van der Waals surface area (Å²) >= 11 is 1.85. The summed E-state index contributed by atoms with van der Waals surface area (Å²) in [7, 11) is 0. The molecule has 2 aromatic carbocycles. The fraction of sp³-hybridized carbons (Fsp3) is 0.387. The fourth-order valence-corrected chi connectivity index (χ4v) is 8.01. The van der Waals surface area contributed by atoms with E-state index in [4.69, 9.17) is 5.73 Å². The summed E-state index contributed by atoms with van der Waals surface area (Å²) in [5.41, 5.74) is 10.2.